The van der Waals surface area contributed by atoms with Gasteiger partial charge in [-0.05, 0) is 12.1 Å². The van der Waals surface area contributed by atoms with Crippen LogP contribution < -0.4 is 0 Å². The van der Waals surface area contributed by atoms with Crippen molar-refractivity contribution in [1.29, 1.82) is 0 Å². The molecule has 0 unspecified atom stereocenters. The summed E-state index contributed by atoms with van der Waals surface area (Å²) >= 11 is 1.16. The summed E-state index contributed by atoms with van der Waals surface area (Å²) in [6, 6.07) is 3.54. The molecule has 16 heavy (non-hydrogen) atoms. The summed E-state index contributed by atoms with van der Waals surface area (Å²) in [5.41, 5.74) is 1.31. The van der Waals surface area contributed by atoms with Crippen molar-refractivity contribution in [3.63, 3.8) is 0 Å². The molecule has 0 aliphatic rings. The third kappa shape index (κ3) is 2.14. The van der Waals surface area contributed by atoms with Crippen LogP contribution in [0.3, 0.4) is 0 Å². The normalized spacial score (nSPS) is 10.4. The van der Waals surface area contributed by atoms with Crippen LogP contribution in [-0.4, -0.2) is 10.8 Å². The number of rotatable bonds is 3. The summed E-state index contributed by atoms with van der Waals surface area (Å²) in [5, 5.41) is 0. The van der Waals surface area contributed by atoms with Crippen molar-refractivity contribution in [2.75, 3.05) is 0 Å². The quantitative estimate of drug-likeness (QED) is 0.771. The Morgan fingerprint density at radius 2 is 2.00 bits per heavy atom. The fourth-order valence-electron chi connectivity index (χ4n) is 1.30. The van der Waals surface area contributed by atoms with Crippen LogP contribution in [0.1, 0.15) is 15.2 Å². The Bertz CT molecular complexity index is 490. The Morgan fingerprint density at radius 3 is 2.56 bits per heavy atom. The highest BCUT2D eigenvalue weighted by Gasteiger charge is 2.15. The number of hydrogen-bond acceptors (Lipinski definition) is 3. The molecule has 0 aliphatic heterocycles. The summed E-state index contributed by atoms with van der Waals surface area (Å²) in [6.45, 7) is 0. The third-order valence-electron chi connectivity index (χ3n) is 2.11. The van der Waals surface area contributed by atoms with Crippen molar-refractivity contribution < 1.29 is 13.6 Å². The Balaban J connectivity index is 2.25. The topological polar surface area (TPSA) is 30.0 Å². The standard InChI is InChI=1S/C11H7F2NOS/c12-8-2-1-3-9(13)7(8)4-10(15)11-5-14-6-16-11/h1-3,5-6H,4H2. The molecule has 2 nitrogen and oxygen atoms in total. The Labute approximate surface area is 94.6 Å². The van der Waals surface area contributed by atoms with E-state index in [1.165, 1.54) is 17.8 Å². The molecule has 1 aromatic heterocycles. The number of aromatic nitrogens is 1. The molecule has 0 amide bonds. The Hall–Kier alpha value is -1.62. The zero-order chi connectivity index (χ0) is 11.5. The first kappa shape index (κ1) is 10.9. The van der Waals surface area contributed by atoms with Crippen molar-refractivity contribution in [2.45, 2.75) is 6.42 Å². The zero-order valence-electron chi connectivity index (χ0n) is 8.11. The van der Waals surface area contributed by atoms with E-state index in [2.05, 4.69) is 4.98 Å². The SMILES string of the molecule is O=C(Cc1c(F)cccc1F)c1cncs1. The van der Waals surface area contributed by atoms with Crippen molar-refractivity contribution in [1.82, 2.24) is 4.98 Å². The van der Waals surface area contributed by atoms with E-state index in [1.807, 2.05) is 0 Å². The van der Waals surface area contributed by atoms with E-state index >= 15 is 0 Å². The molecular formula is C11H7F2NOS. The lowest BCUT2D eigenvalue weighted by Crippen LogP contribution is -2.05. The number of carbonyl (C=O) groups is 1. The number of ketones is 1. The highest BCUT2D eigenvalue weighted by atomic mass is 32.1. The van der Waals surface area contributed by atoms with Crippen molar-refractivity contribution in [2.24, 2.45) is 0 Å². The van der Waals surface area contributed by atoms with Gasteiger partial charge in [-0.3, -0.25) is 9.78 Å². The smallest absolute Gasteiger partial charge is 0.178 e. The second-order valence-corrected chi connectivity index (χ2v) is 4.05. The molecule has 0 N–H and O–H groups in total. The monoisotopic (exact) mass is 239 g/mol. The summed E-state index contributed by atoms with van der Waals surface area (Å²) in [4.78, 5) is 15.8. The molecule has 0 bridgehead atoms. The summed E-state index contributed by atoms with van der Waals surface area (Å²) in [7, 11) is 0. The number of thiazole rings is 1. The van der Waals surface area contributed by atoms with Gasteiger partial charge >= 0.3 is 0 Å². The predicted molar refractivity (Wildman–Crippen MR) is 56.5 cm³/mol. The fraction of sp³-hybridized carbons (Fsp3) is 0.0909. The maximum atomic E-state index is 13.2. The van der Waals surface area contributed by atoms with Crippen molar-refractivity contribution >= 4 is 17.1 Å². The van der Waals surface area contributed by atoms with Gasteiger partial charge in [0.15, 0.2) is 5.78 Å². The van der Waals surface area contributed by atoms with Gasteiger partial charge in [-0.25, -0.2) is 8.78 Å². The predicted octanol–water partition coefficient (Wildman–Crippen LogP) is 2.85. The maximum absolute atomic E-state index is 13.2. The largest absolute Gasteiger partial charge is 0.293 e. The summed E-state index contributed by atoms with van der Waals surface area (Å²) in [5.74, 6) is -1.72. The molecule has 0 radical (unpaired) electrons. The number of halogens is 2. The van der Waals surface area contributed by atoms with Gasteiger partial charge in [0.2, 0.25) is 0 Å². The number of Topliss-reactive ketones (excluding diaryl/α,β-unsaturated/α-hetero) is 1. The number of nitrogens with zero attached hydrogens (tertiary/aromatic N) is 1. The lowest BCUT2D eigenvalue weighted by molar-refractivity contribution is 0.0994. The first-order chi connectivity index (χ1) is 7.68. The third-order valence-corrected chi connectivity index (χ3v) is 2.92. The van der Waals surface area contributed by atoms with E-state index < -0.39 is 11.6 Å². The van der Waals surface area contributed by atoms with Gasteiger partial charge in [0.1, 0.15) is 11.6 Å². The molecule has 0 spiro atoms. The molecule has 1 aromatic carbocycles. The fourth-order valence-corrected chi connectivity index (χ4v) is 1.86. The van der Waals surface area contributed by atoms with Crippen molar-refractivity contribution in [3.05, 3.63) is 52.0 Å². The molecule has 0 fully saturated rings. The lowest BCUT2D eigenvalue weighted by Gasteiger charge is -2.02. The van der Waals surface area contributed by atoms with E-state index in [0.29, 0.717) is 4.88 Å². The van der Waals surface area contributed by atoms with Gasteiger partial charge in [0.25, 0.3) is 0 Å². The molecule has 2 rings (SSSR count). The average molecular weight is 239 g/mol. The van der Waals surface area contributed by atoms with E-state index in [0.717, 1.165) is 23.5 Å². The van der Waals surface area contributed by atoms with Gasteiger partial charge in [-0.15, -0.1) is 11.3 Å². The summed E-state index contributed by atoms with van der Waals surface area (Å²) < 4.78 is 26.5. The minimum absolute atomic E-state index is 0.194. The zero-order valence-corrected chi connectivity index (χ0v) is 8.93. The minimum Gasteiger partial charge on any atom is -0.293 e. The molecule has 2 aromatic rings. The Morgan fingerprint density at radius 1 is 1.31 bits per heavy atom. The van der Waals surface area contributed by atoms with Gasteiger partial charge in [0, 0.05) is 18.2 Å². The minimum atomic E-state index is -0.696. The van der Waals surface area contributed by atoms with Crippen LogP contribution in [0.2, 0.25) is 0 Å². The second-order valence-electron chi connectivity index (χ2n) is 3.17. The van der Waals surface area contributed by atoms with E-state index in [-0.39, 0.29) is 17.8 Å². The molecule has 0 aliphatic carbocycles. The van der Waals surface area contributed by atoms with Gasteiger partial charge in [0.05, 0.1) is 10.4 Å². The molecule has 82 valence electrons. The van der Waals surface area contributed by atoms with Gasteiger partial charge in [-0.1, -0.05) is 6.07 Å². The van der Waals surface area contributed by atoms with Gasteiger partial charge in [-0.2, -0.15) is 0 Å². The molecule has 5 heteroatoms. The van der Waals surface area contributed by atoms with Crippen LogP contribution in [0, 0.1) is 11.6 Å². The van der Waals surface area contributed by atoms with E-state index in [4.69, 9.17) is 0 Å². The van der Waals surface area contributed by atoms with Crippen LogP contribution in [0.25, 0.3) is 0 Å². The average Bonchev–Trinajstić information content (AvgIpc) is 2.76. The highest BCUT2D eigenvalue weighted by Crippen LogP contribution is 2.16. The van der Waals surface area contributed by atoms with E-state index in [1.54, 1.807) is 0 Å². The van der Waals surface area contributed by atoms with Crippen LogP contribution in [0.5, 0.6) is 0 Å². The van der Waals surface area contributed by atoms with Crippen LogP contribution in [0.15, 0.2) is 29.9 Å². The Kier molecular flexibility index (Phi) is 3.05. The van der Waals surface area contributed by atoms with Crippen LogP contribution >= 0.6 is 11.3 Å². The lowest BCUT2D eigenvalue weighted by atomic mass is 10.1. The number of carbonyl (C=O) groups excluding carboxylic acids is 1. The summed E-state index contributed by atoms with van der Waals surface area (Å²) in [6.07, 6.45) is 1.12. The van der Waals surface area contributed by atoms with Crippen LogP contribution in [-0.2, 0) is 6.42 Å². The molecule has 0 saturated heterocycles. The van der Waals surface area contributed by atoms with Crippen LogP contribution in [0.4, 0.5) is 8.78 Å². The maximum Gasteiger partial charge on any atom is 0.178 e. The number of hydrogen-bond donors (Lipinski definition) is 0. The van der Waals surface area contributed by atoms with Gasteiger partial charge < -0.3 is 0 Å². The number of benzene rings is 1. The van der Waals surface area contributed by atoms with Crippen molar-refractivity contribution in [3.8, 4) is 0 Å². The van der Waals surface area contributed by atoms with E-state index in [9.17, 15) is 13.6 Å². The highest BCUT2D eigenvalue weighted by molar-refractivity contribution is 7.11. The molecule has 1 heterocycles. The molecule has 0 atom stereocenters. The second kappa shape index (κ2) is 4.49. The molecule has 0 saturated carbocycles. The first-order valence-electron chi connectivity index (χ1n) is 4.53. The first-order valence-corrected chi connectivity index (χ1v) is 5.41. The molecular weight excluding hydrogens is 232 g/mol.